The van der Waals surface area contributed by atoms with Crippen molar-refractivity contribution in [3.63, 3.8) is 0 Å². The van der Waals surface area contributed by atoms with Crippen molar-refractivity contribution >= 4 is 5.57 Å². The molecule has 0 spiro atoms. The van der Waals surface area contributed by atoms with E-state index in [1.165, 1.54) is 17.7 Å². The number of hydrogen-bond acceptors (Lipinski definition) is 1. The molecule has 1 fully saturated rings. The summed E-state index contributed by atoms with van der Waals surface area (Å²) in [5.41, 5.74) is 2.37. The highest BCUT2D eigenvalue weighted by Crippen LogP contribution is 2.57. The summed E-state index contributed by atoms with van der Waals surface area (Å²) in [5, 5.41) is 8.78. The second-order valence-electron chi connectivity index (χ2n) is 4.30. The van der Waals surface area contributed by atoms with Crippen LogP contribution in [0, 0.1) is 34.9 Å². The normalized spacial score (nSPS) is 31.7. The summed E-state index contributed by atoms with van der Waals surface area (Å²) in [6.45, 7) is 0. The molecule has 15 heavy (non-hydrogen) atoms. The Kier molecular flexibility index (Phi) is 1.70. The van der Waals surface area contributed by atoms with Gasteiger partial charge in [0.25, 0.3) is 0 Å². The maximum atomic E-state index is 12.7. The highest BCUT2D eigenvalue weighted by molar-refractivity contribution is 5.70. The molecule has 2 aliphatic rings. The van der Waals surface area contributed by atoms with Crippen LogP contribution in [0.2, 0.25) is 0 Å². The number of nitriles is 1. The van der Waals surface area contributed by atoms with Gasteiger partial charge in [-0.25, -0.2) is 4.39 Å². The van der Waals surface area contributed by atoms with E-state index in [0.717, 1.165) is 12.0 Å². The largest absolute Gasteiger partial charge is 0.207 e. The fraction of sp³-hybridized carbons (Fsp3) is 0.308. The molecule has 1 aromatic carbocycles. The molecule has 1 nitrogen and oxygen atoms in total. The number of allylic oxidation sites excluding steroid dienone is 2. The van der Waals surface area contributed by atoms with Crippen molar-refractivity contribution in [3.05, 3.63) is 41.7 Å². The van der Waals surface area contributed by atoms with Gasteiger partial charge in [-0.05, 0) is 41.5 Å². The Labute approximate surface area is 87.8 Å². The summed E-state index contributed by atoms with van der Waals surface area (Å²) in [6.07, 6.45) is 3.17. The van der Waals surface area contributed by atoms with Crippen LogP contribution in [0.3, 0.4) is 0 Å². The molecule has 0 saturated heterocycles. The number of benzene rings is 1. The van der Waals surface area contributed by atoms with Crippen molar-refractivity contribution in [2.45, 2.75) is 6.42 Å². The first-order chi connectivity index (χ1) is 7.29. The average molecular weight is 199 g/mol. The van der Waals surface area contributed by atoms with Crippen LogP contribution in [0.25, 0.3) is 5.57 Å². The number of nitrogens with zero attached hydrogens (tertiary/aromatic N) is 1. The van der Waals surface area contributed by atoms with Gasteiger partial charge < -0.3 is 0 Å². The summed E-state index contributed by atoms with van der Waals surface area (Å²) >= 11 is 0. The van der Waals surface area contributed by atoms with Crippen LogP contribution in [0.5, 0.6) is 0 Å². The lowest BCUT2D eigenvalue weighted by molar-refractivity contribution is 0.627. The van der Waals surface area contributed by atoms with Crippen molar-refractivity contribution in [1.82, 2.24) is 0 Å². The van der Waals surface area contributed by atoms with E-state index >= 15 is 0 Å². The van der Waals surface area contributed by atoms with E-state index in [-0.39, 0.29) is 11.7 Å². The first-order valence-electron chi connectivity index (χ1n) is 5.16. The van der Waals surface area contributed by atoms with Crippen molar-refractivity contribution in [2.75, 3.05) is 0 Å². The minimum Gasteiger partial charge on any atom is -0.207 e. The molecule has 3 rings (SSSR count). The van der Waals surface area contributed by atoms with Crippen LogP contribution in [-0.2, 0) is 0 Å². The highest BCUT2D eigenvalue weighted by Gasteiger charge is 2.52. The molecule has 2 aliphatic carbocycles. The molecular weight excluding hydrogens is 189 g/mol. The number of halogens is 1. The molecule has 3 atom stereocenters. The fourth-order valence-electron chi connectivity index (χ4n) is 2.50. The van der Waals surface area contributed by atoms with E-state index in [2.05, 4.69) is 12.1 Å². The molecule has 0 heterocycles. The molecule has 1 saturated carbocycles. The highest BCUT2D eigenvalue weighted by atomic mass is 19.1. The third-order valence-electron chi connectivity index (χ3n) is 3.44. The van der Waals surface area contributed by atoms with Crippen LogP contribution >= 0.6 is 0 Å². The van der Waals surface area contributed by atoms with Crippen LogP contribution in [0.1, 0.15) is 12.0 Å². The maximum Gasteiger partial charge on any atom is 0.123 e. The lowest BCUT2D eigenvalue weighted by Crippen LogP contribution is -1.87. The van der Waals surface area contributed by atoms with Gasteiger partial charge in [0, 0.05) is 0 Å². The van der Waals surface area contributed by atoms with Gasteiger partial charge in [0.2, 0.25) is 0 Å². The van der Waals surface area contributed by atoms with Gasteiger partial charge in [-0.1, -0.05) is 18.2 Å². The molecule has 3 unspecified atom stereocenters. The smallest absolute Gasteiger partial charge is 0.123 e. The topological polar surface area (TPSA) is 23.8 Å². The standard InChI is InChI=1S/C13H10FN/c14-10-3-1-8(2-4-10)9-5-11-12(6-9)13(11)7-15/h1-5,11-13H,6H2. The molecule has 0 aromatic heterocycles. The third kappa shape index (κ3) is 1.27. The number of hydrogen-bond donors (Lipinski definition) is 0. The Bertz CT molecular complexity index is 466. The van der Waals surface area contributed by atoms with E-state index in [0.29, 0.717) is 11.8 Å². The third-order valence-corrected chi connectivity index (χ3v) is 3.44. The molecule has 0 aliphatic heterocycles. The zero-order chi connectivity index (χ0) is 10.4. The van der Waals surface area contributed by atoms with Crippen LogP contribution in [0.15, 0.2) is 30.3 Å². The summed E-state index contributed by atoms with van der Waals surface area (Å²) in [6, 6.07) is 8.92. The predicted octanol–water partition coefficient (Wildman–Crippen LogP) is 3.00. The average Bonchev–Trinajstić information content (AvgIpc) is 2.72. The number of rotatable bonds is 1. The second kappa shape index (κ2) is 2.93. The van der Waals surface area contributed by atoms with Crippen LogP contribution < -0.4 is 0 Å². The zero-order valence-electron chi connectivity index (χ0n) is 8.15. The van der Waals surface area contributed by atoms with Gasteiger partial charge in [-0.2, -0.15) is 5.26 Å². The van der Waals surface area contributed by atoms with E-state index in [1.807, 2.05) is 12.1 Å². The Morgan fingerprint density at radius 3 is 2.53 bits per heavy atom. The quantitative estimate of drug-likeness (QED) is 0.682. The molecule has 1 aromatic rings. The van der Waals surface area contributed by atoms with E-state index in [4.69, 9.17) is 5.26 Å². The molecule has 0 radical (unpaired) electrons. The van der Waals surface area contributed by atoms with Gasteiger partial charge >= 0.3 is 0 Å². The van der Waals surface area contributed by atoms with E-state index in [1.54, 1.807) is 0 Å². The molecule has 74 valence electrons. The molecule has 2 heteroatoms. The maximum absolute atomic E-state index is 12.7. The summed E-state index contributed by atoms with van der Waals surface area (Å²) in [5.74, 6) is 1.05. The van der Waals surface area contributed by atoms with Gasteiger partial charge in [0.05, 0.1) is 12.0 Å². The SMILES string of the molecule is N#CC1C2C=C(c3ccc(F)cc3)CC12. The Balaban J connectivity index is 1.84. The van der Waals surface area contributed by atoms with E-state index in [9.17, 15) is 4.39 Å². The van der Waals surface area contributed by atoms with Crippen molar-refractivity contribution in [1.29, 1.82) is 5.26 Å². The monoisotopic (exact) mass is 199 g/mol. The minimum atomic E-state index is -0.197. The Hall–Kier alpha value is -1.62. The summed E-state index contributed by atoms with van der Waals surface area (Å²) in [4.78, 5) is 0. The summed E-state index contributed by atoms with van der Waals surface area (Å²) < 4.78 is 12.7. The van der Waals surface area contributed by atoms with Crippen LogP contribution in [-0.4, -0.2) is 0 Å². The first-order valence-corrected chi connectivity index (χ1v) is 5.16. The van der Waals surface area contributed by atoms with Crippen molar-refractivity contribution in [3.8, 4) is 6.07 Å². The zero-order valence-corrected chi connectivity index (χ0v) is 8.15. The lowest BCUT2D eigenvalue weighted by Gasteiger charge is -2.04. The predicted molar refractivity (Wildman–Crippen MR) is 55.1 cm³/mol. The Morgan fingerprint density at radius 2 is 2.00 bits per heavy atom. The molecule has 0 amide bonds. The number of fused-ring (bicyclic) bond motifs is 1. The van der Waals surface area contributed by atoms with Crippen molar-refractivity contribution < 1.29 is 4.39 Å². The molecule has 0 N–H and O–H groups in total. The summed E-state index contributed by atoms with van der Waals surface area (Å²) in [7, 11) is 0. The first kappa shape index (κ1) is 8.67. The fourth-order valence-corrected chi connectivity index (χ4v) is 2.50. The van der Waals surface area contributed by atoms with Crippen molar-refractivity contribution in [2.24, 2.45) is 17.8 Å². The van der Waals surface area contributed by atoms with Gasteiger partial charge in [-0.3, -0.25) is 0 Å². The second-order valence-corrected chi connectivity index (χ2v) is 4.30. The van der Waals surface area contributed by atoms with E-state index < -0.39 is 0 Å². The molecular formula is C13H10FN. The lowest BCUT2D eigenvalue weighted by atomic mass is 10.0. The molecule has 0 bridgehead atoms. The van der Waals surface area contributed by atoms with Gasteiger partial charge in [-0.15, -0.1) is 0 Å². The Morgan fingerprint density at radius 1 is 1.27 bits per heavy atom. The van der Waals surface area contributed by atoms with Crippen LogP contribution in [0.4, 0.5) is 4.39 Å². The van der Waals surface area contributed by atoms with Gasteiger partial charge in [0.1, 0.15) is 5.82 Å². The van der Waals surface area contributed by atoms with Gasteiger partial charge in [0.15, 0.2) is 0 Å². The minimum absolute atomic E-state index is 0.197.